The molecule has 1 heterocycles. The zero-order chi connectivity index (χ0) is 13.2. The third kappa shape index (κ3) is 3.14. The van der Waals surface area contributed by atoms with Crippen LogP contribution in [0.2, 0.25) is 0 Å². The van der Waals surface area contributed by atoms with Crippen molar-refractivity contribution in [2.75, 3.05) is 13.1 Å². The van der Waals surface area contributed by atoms with Crippen LogP contribution in [0, 0.1) is 11.3 Å². The fourth-order valence-electron chi connectivity index (χ4n) is 3.55. The monoisotopic (exact) mass is 291 g/mol. The second-order valence-corrected chi connectivity index (χ2v) is 5.57. The lowest BCUT2D eigenvalue weighted by molar-refractivity contribution is -0.157. The normalized spacial score (nSPS) is 23.5. The Balaban J connectivity index is 0.00000180. The second-order valence-electron chi connectivity index (χ2n) is 5.57. The van der Waals surface area contributed by atoms with Crippen LogP contribution in [0.3, 0.4) is 0 Å². The minimum absolute atomic E-state index is 0. The predicted octanol–water partition coefficient (Wildman–Crippen LogP) is 2.83. The summed E-state index contributed by atoms with van der Waals surface area (Å²) in [5.41, 5.74) is -0.674. The Morgan fingerprint density at radius 2 is 1.53 bits per heavy atom. The number of rotatable bonds is 2. The van der Waals surface area contributed by atoms with Gasteiger partial charge in [0.1, 0.15) is 0 Å². The van der Waals surface area contributed by atoms with Gasteiger partial charge in [-0.3, -0.25) is 4.79 Å². The smallest absolute Gasteiger partial charge is 0.407 e. The summed E-state index contributed by atoms with van der Waals surface area (Å²) in [6, 6.07) is 0. The van der Waals surface area contributed by atoms with E-state index in [-0.39, 0.29) is 18.3 Å². The van der Waals surface area contributed by atoms with Crippen molar-refractivity contribution in [3.8, 4) is 0 Å². The predicted molar refractivity (Wildman–Crippen MR) is 72.7 cm³/mol. The van der Waals surface area contributed by atoms with Gasteiger partial charge in [-0.15, -0.1) is 12.4 Å². The molecule has 0 spiro atoms. The summed E-state index contributed by atoms with van der Waals surface area (Å²) in [5, 5.41) is 18.5. The van der Waals surface area contributed by atoms with Crippen LogP contribution >= 0.6 is 12.4 Å². The molecule has 5 nitrogen and oxygen atoms in total. The number of hydrogen-bond acceptors (Lipinski definition) is 2. The third-order valence-corrected chi connectivity index (χ3v) is 4.74. The largest absolute Gasteiger partial charge is 0.481 e. The number of carboxylic acid groups (broad SMARTS) is 2. The van der Waals surface area contributed by atoms with E-state index in [1.807, 2.05) is 0 Å². The first-order chi connectivity index (χ1) is 8.56. The molecule has 2 fully saturated rings. The number of amides is 1. The zero-order valence-electron chi connectivity index (χ0n) is 11.0. The molecule has 1 aliphatic carbocycles. The summed E-state index contributed by atoms with van der Waals surface area (Å²) in [7, 11) is 0. The van der Waals surface area contributed by atoms with Crippen molar-refractivity contribution in [1.82, 2.24) is 4.90 Å². The number of nitrogens with zero attached hydrogens (tertiary/aromatic N) is 1. The van der Waals surface area contributed by atoms with Gasteiger partial charge in [-0.25, -0.2) is 4.79 Å². The molecule has 110 valence electrons. The molecule has 0 unspecified atom stereocenters. The van der Waals surface area contributed by atoms with Crippen LogP contribution in [-0.4, -0.2) is 40.3 Å². The molecule has 1 amide bonds. The van der Waals surface area contributed by atoms with Crippen molar-refractivity contribution in [2.24, 2.45) is 11.3 Å². The second kappa shape index (κ2) is 6.46. The molecule has 2 rings (SSSR count). The minimum Gasteiger partial charge on any atom is -0.481 e. The van der Waals surface area contributed by atoms with E-state index in [4.69, 9.17) is 5.11 Å². The Hall–Kier alpha value is -0.970. The van der Waals surface area contributed by atoms with Gasteiger partial charge in [0.05, 0.1) is 5.41 Å². The molecule has 1 saturated heterocycles. The first-order valence-electron chi connectivity index (χ1n) is 6.77. The summed E-state index contributed by atoms with van der Waals surface area (Å²) in [5.74, 6) is -0.487. The lowest BCUT2D eigenvalue weighted by Gasteiger charge is -2.44. The Morgan fingerprint density at radius 3 is 1.95 bits per heavy atom. The summed E-state index contributed by atoms with van der Waals surface area (Å²) in [6.45, 7) is 0.719. The zero-order valence-corrected chi connectivity index (χ0v) is 11.8. The first-order valence-corrected chi connectivity index (χ1v) is 6.77. The van der Waals surface area contributed by atoms with Crippen LogP contribution in [0.1, 0.15) is 44.9 Å². The van der Waals surface area contributed by atoms with E-state index < -0.39 is 17.5 Å². The lowest BCUT2D eigenvalue weighted by atomic mass is 9.64. The van der Waals surface area contributed by atoms with E-state index >= 15 is 0 Å². The van der Waals surface area contributed by atoms with Gasteiger partial charge in [0.15, 0.2) is 0 Å². The molecule has 0 aromatic heterocycles. The Labute approximate surface area is 119 Å². The molecular weight excluding hydrogens is 270 g/mol. The summed E-state index contributed by atoms with van der Waals surface area (Å²) in [6.07, 6.45) is 5.41. The third-order valence-electron chi connectivity index (χ3n) is 4.74. The highest BCUT2D eigenvalue weighted by Gasteiger charge is 2.48. The van der Waals surface area contributed by atoms with Gasteiger partial charge < -0.3 is 15.1 Å². The van der Waals surface area contributed by atoms with Crippen molar-refractivity contribution >= 4 is 24.5 Å². The summed E-state index contributed by atoms with van der Waals surface area (Å²) >= 11 is 0. The highest BCUT2D eigenvalue weighted by Crippen LogP contribution is 2.46. The number of carboxylic acids is 1. The molecule has 0 atom stereocenters. The average Bonchev–Trinajstić information content (AvgIpc) is 2.39. The van der Waals surface area contributed by atoms with Crippen LogP contribution in [0.15, 0.2) is 0 Å². The molecule has 19 heavy (non-hydrogen) atoms. The Kier molecular flexibility index (Phi) is 5.47. The van der Waals surface area contributed by atoms with E-state index in [2.05, 4.69) is 0 Å². The summed E-state index contributed by atoms with van der Waals surface area (Å²) in [4.78, 5) is 23.9. The molecule has 0 bridgehead atoms. The van der Waals surface area contributed by atoms with Gasteiger partial charge in [0.2, 0.25) is 0 Å². The molecule has 0 aromatic carbocycles. The van der Waals surface area contributed by atoms with E-state index in [1.54, 1.807) is 0 Å². The number of likely N-dealkylation sites (tertiary alicyclic amines) is 1. The van der Waals surface area contributed by atoms with E-state index in [9.17, 15) is 14.7 Å². The van der Waals surface area contributed by atoms with Gasteiger partial charge in [-0.05, 0) is 31.6 Å². The standard InChI is InChI=1S/C13H21NO4.ClH/c15-11(16)13(10-4-2-1-3-5-10)6-8-14(9-7-13)12(17)18;/h10H,1-9H2,(H,15,16)(H,17,18);1H. The van der Waals surface area contributed by atoms with Crippen molar-refractivity contribution in [1.29, 1.82) is 0 Å². The number of halogens is 1. The maximum atomic E-state index is 11.7. The summed E-state index contributed by atoms with van der Waals surface area (Å²) < 4.78 is 0. The molecule has 1 saturated carbocycles. The van der Waals surface area contributed by atoms with E-state index in [0.717, 1.165) is 25.7 Å². The SMILES string of the molecule is Cl.O=C(O)N1CCC(C(=O)O)(C2CCCCC2)CC1. The first kappa shape index (κ1) is 16.1. The van der Waals surface area contributed by atoms with Gasteiger partial charge in [0.25, 0.3) is 0 Å². The minimum atomic E-state index is -0.933. The van der Waals surface area contributed by atoms with Crippen molar-refractivity contribution < 1.29 is 19.8 Å². The van der Waals surface area contributed by atoms with E-state index in [1.165, 1.54) is 11.3 Å². The van der Waals surface area contributed by atoms with Gasteiger partial charge in [0, 0.05) is 13.1 Å². The number of carbonyl (C=O) groups is 2. The van der Waals surface area contributed by atoms with Crippen LogP contribution < -0.4 is 0 Å². The quantitative estimate of drug-likeness (QED) is 0.820. The highest BCUT2D eigenvalue weighted by atomic mass is 35.5. The van der Waals surface area contributed by atoms with Crippen molar-refractivity contribution in [3.63, 3.8) is 0 Å². The van der Waals surface area contributed by atoms with Gasteiger partial charge in [-0.2, -0.15) is 0 Å². The molecule has 1 aliphatic heterocycles. The average molecular weight is 292 g/mol. The van der Waals surface area contributed by atoms with Crippen molar-refractivity contribution in [2.45, 2.75) is 44.9 Å². The molecule has 2 aliphatic rings. The number of hydrogen-bond donors (Lipinski definition) is 2. The highest BCUT2D eigenvalue weighted by molar-refractivity contribution is 5.85. The molecule has 0 aromatic rings. The Morgan fingerprint density at radius 1 is 1.00 bits per heavy atom. The fraction of sp³-hybridized carbons (Fsp3) is 0.846. The van der Waals surface area contributed by atoms with Crippen LogP contribution in [-0.2, 0) is 4.79 Å². The lowest BCUT2D eigenvalue weighted by Crippen LogP contribution is -2.50. The van der Waals surface area contributed by atoms with Crippen LogP contribution in [0.5, 0.6) is 0 Å². The molecular formula is C13H22ClNO4. The topological polar surface area (TPSA) is 77.8 Å². The maximum absolute atomic E-state index is 11.7. The van der Waals surface area contributed by atoms with Gasteiger partial charge >= 0.3 is 12.1 Å². The Bertz CT molecular complexity index is 334. The van der Waals surface area contributed by atoms with Gasteiger partial charge in [-0.1, -0.05) is 19.3 Å². The molecule has 0 radical (unpaired) electrons. The number of aliphatic carboxylic acids is 1. The van der Waals surface area contributed by atoms with Crippen LogP contribution in [0.4, 0.5) is 4.79 Å². The van der Waals surface area contributed by atoms with Crippen LogP contribution in [0.25, 0.3) is 0 Å². The van der Waals surface area contributed by atoms with Crippen molar-refractivity contribution in [3.05, 3.63) is 0 Å². The molecule has 2 N–H and O–H groups in total. The fourth-order valence-corrected chi connectivity index (χ4v) is 3.55. The molecule has 6 heteroatoms. The maximum Gasteiger partial charge on any atom is 0.407 e. The van der Waals surface area contributed by atoms with E-state index in [0.29, 0.717) is 25.9 Å². The number of piperidine rings is 1.